The van der Waals surface area contributed by atoms with Gasteiger partial charge in [0.05, 0.1) is 10.9 Å². The molecule has 7 heteroatoms. The number of benzene rings is 2. The molecule has 0 saturated carbocycles. The number of hydrogen-bond acceptors (Lipinski definition) is 5. The van der Waals surface area contributed by atoms with E-state index in [1.165, 1.54) is 12.1 Å². The molecule has 1 amide bonds. The summed E-state index contributed by atoms with van der Waals surface area (Å²) in [5, 5.41) is 14.9. The number of carbonyl (C=O) groups is 1. The summed E-state index contributed by atoms with van der Waals surface area (Å²) in [5.74, 6) is -0.965. The number of rotatable bonds is 3. The summed E-state index contributed by atoms with van der Waals surface area (Å²) >= 11 is 1.15. The number of fused-ring (bicyclic) bond motifs is 1. The molecule has 2 heterocycles. The molecule has 124 valence electrons. The summed E-state index contributed by atoms with van der Waals surface area (Å²) in [6.07, 6.45) is 0. The van der Waals surface area contributed by atoms with Gasteiger partial charge in [-0.05, 0) is 36.8 Å². The first-order chi connectivity index (χ1) is 12.0. The van der Waals surface area contributed by atoms with Crippen LogP contribution in [0.25, 0.3) is 5.57 Å². The van der Waals surface area contributed by atoms with Crippen LogP contribution in [-0.2, 0) is 4.79 Å². The molecular weight excluding hydrogens is 341 g/mol. The first-order valence-corrected chi connectivity index (χ1v) is 8.30. The molecule has 2 aromatic carbocycles. The van der Waals surface area contributed by atoms with Gasteiger partial charge in [-0.1, -0.05) is 29.5 Å². The second kappa shape index (κ2) is 5.78. The van der Waals surface area contributed by atoms with Gasteiger partial charge >= 0.3 is 0 Å². The number of aromatic nitrogens is 1. The van der Waals surface area contributed by atoms with E-state index < -0.39 is 5.91 Å². The van der Waals surface area contributed by atoms with Crippen molar-refractivity contribution in [3.63, 3.8) is 0 Å². The second-order valence-corrected chi connectivity index (χ2v) is 6.57. The van der Waals surface area contributed by atoms with Crippen molar-refractivity contribution in [2.75, 3.05) is 5.32 Å². The average molecular weight is 353 g/mol. The number of aromatic hydroxyl groups is 1. The van der Waals surface area contributed by atoms with Crippen LogP contribution in [0.1, 0.15) is 10.4 Å². The zero-order valence-electron chi connectivity index (χ0n) is 13.1. The van der Waals surface area contributed by atoms with E-state index >= 15 is 0 Å². The Bertz CT molecular complexity index is 1120. The Morgan fingerprint density at radius 3 is 2.68 bits per heavy atom. The zero-order chi connectivity index (χ0) is 17.6. The van der Waals surface area contributed by atoms with E-state index in [1.807, 2.05) is 19.1 Å². The van der Waals surface area contributed by atoms with Crippen LogP contribution in [-0.4, -0.2) is 16.0 Å². The van der Waals surface area contributed by atoms with Crippen molar-refractivity contribution in [2.45, 2.75) is 6.92 Å². The molecule has 0 radical (unpaired) electrons. The van der Waals surface area contributed by atoms with E-state index in [2.05, 4.69) is 15.3 Å². The van der Waals surface area contributed by atoms with Gasteiger partial charge < -0.3 is 10.4 Å². The largest absolute Gasteiger partial charge is 0.492 e. The third-order valence-electron chi connectivity index (χ3n) is 3.87. The van der Waals surface area contributed by atoms with Gasteiger partial charge in [-0.3, -0.25) is 4.79 Å². The summed E-state index contributed by atoms with van der Waals surface area (Å²) in [5.41, 5.74) is 1.88. The molecule has 1 aliphatic rings. The number of nitrogens with one attached hydrogen (secondary N) is 1. The number of nitrogens with zero attached hydrogens (tertiary/aromatic N) is 2. The summed E-state index contributed by atoms with van der Waals surface area (Å²) in [4.78, 5) is 20.8. The van der Waals surface area contributed by atoms with E-state index in [0.717, 1.165) is 16.9 Å². The van der Waals surface area contributed by atoms with Crippen molar-refractivity contribution in [1.29, 1.82) is 0 Å². The van der Waals surface area contributed by atoms with Gasteiger partial charge in [0.15, 0.2) is 5.13 Å². The molecule has 1 aliphatic heterocycles. The van der Waals surface area contributed by atoms with Crippen molar-refractivity contribution < 1.29 is 14.3 Å². The highest BCUT2D eigenvalue weighted by molar-refractivity contribution is 7.17. The summed E-state index contributed by atoms with van der Waals surface area (Å²) < 4.78 is 13.0. The Hall–Kier alpha value is -3.06. The molecule has 0 saturated heterocycles. The molecular formula is C18H12FN3O2S. The molecule has 25 heavy (non-hydrogen) atoms. The Balaban J connectivity index is 1.79. The molecule has 0 bridgehead atoms. The standard InChI is InChI=1S/C18H12FN3O2S/c1-9-3-2-4-12-13(16(23)21-14(9)12)15-17(24)22-18(25-15)20-11-7-5-10(19)6-8-11/h2-8,24H,1H3,(H,20,22). The smallest absolute Gasteiger partial charge is 0.279 e. The lowest BCUT2D eigenvalue weighted by molar-refractivity contribution is -0.112. The van der Waals surface area contributed by atoms with Crippen LogP contribution in [0, 0.1) is 12.7 Å². The van der Waals surface area contributed by atoms with Gasteiger partial charge in [0, 0.05) is 10.9 Å². The number of aryl methyl sites for hydroxylation is 1. The Morgan fingerprint density at radius 2 is 1.92 bits per heavy atom. The number of anilines is 2. The number of hydrogen-bond donors (Lipinski definition) is 2. The molecule has 0 unspecified atom stereocenters. The topological polar surface area (TPSA) is 74.6 Å². The van der Waals surface area contributed by atoms with E-state index in [9.17, 15) is 14.3 Å². The molecule has 2 N–H and O–H groups in total. The minimum Gasteiger partial charge on any atom is -0.492 e. The number of amides is 1. The normalized spacial score (nSPS) is 12.9. The monoisotopic (exact) mass is 353 g/mol. The molecule has 0 spiro atoms. The molecule has 3 aromatic rings. The first kappa shape index (κ1) is 15.5. The highest BCUT2D eigenvalue weighted by Gasteiger charge is 2.25. The lowest BCUT2D eigenvalue weighted by Gasteiger charge is -2.00. The van der Waals surface area contributed by atoms with E-state index in [-0.39, 0.29) is 11.7 Å². The van der Waals surface area contributed by atoms with Crippen LogP contribution in [0.3, 0.4) is 0 Å². The van der Waals surface area contributed by atoms with E-state index in [4.69, 9.17) is 0 Å². The first-order valence-electron chi connectivity index (χ1n) is 7.48. The van der Waals surface area contributed by atoms with Crippen LogP contribution in [0.15, 0.2) is 47.5 Å². The van der Waals surface area contributed by atoms with Crippen molar-refractivity contribution >= 4 is 33.6 Å². The fourth-order valence-electron chi connectivity index (χ4n) is 2.69. The number of thiazole rings is 1. The summed E-state index contributed by atoms with van der Waals surface area (Å²) in [6, 6.07) is 11.3. The second-order valence-electron chi connectivity index (χ2n) is 5.57. The fraction of sp³-hybridized carbons (Fsp3) is 0.0556. The maximum atomic E-state index is 13.0. The molecule has 0 aliphatic carbocycles. The van der Waals surface area contributed by atoms with Crippen LogP contribution in [0.5, 0.6) is 5.88 Å². The predicted octanol–water partition coefficient (Wildman–Crippen LogP) is 2.40. The van der Waals surface area contributed by atoms with Crippen molar-refractivity contribution in [1.82, 2.24) is 4.98 Å². The molecule has 1 aromatic heterocycles. The zero-order valence-corrected chi connectivity index (χ0v) is 13.9. The van der Waals surface area contributed by atoms with E-state index in [1.54, 1.807) is 18.2 Å². The van der Waals surface area contributed by atoms with Crippen molar-refractivity contribution in [3.05, 3.63) is 69.3 Å². The summed E-state index contributed by atoms with van der Waals surface area (Å²) in [7, 11) is 0. The Kier molecular flexibility index (Phi) is 3.58. The Labute approximate surface area is 145 Å². The third-order valence-corrected chi connectivity index (χ3v) is 4.84. The highest BCUT2D eigenvalue weighted by atomic mass is 32.1. The quantitative estimate of drug-likeness (QED) is 0.758. The van der Waals surface area contributed by atoms with Crippen LogP contribution < -0.4 is 15.9 Å². The third kappa shape index (κ3) is 2.68. The van der Waals surface area contributed by atoms with Gasteiger partial charge in [0.1, 0.15) is 10.7 Å². The lowest BCUT2D eigenvalue weighted by Crippen LogP contribution is -2.25. The van der Waals surface area contributed by atoms with Gasteiger partial charge in [0.2, 0.25) is 5.88 Å². The average Bonchev–Trinajstić information content (AvgIpc) is 3.09. The number of carbonyl (C=O) groups excluding carboxylic acids is 1. The van der Waals surface area contributed by atoms with Gasteiger partial charge in [-0.15, -0.1) is 0 Å². The maximum absolute atomic E-state index is 13.0. The van der Waals surface area contributed by atoms with Crippen LogP contribution >= 0.6 is 11.3 Å². The van der Waals surface area contributed by atoms with Gasteiger partial charge in [-0.2, -0.15) is 4.98 Å². The van der Waals surface area contributed by atoms with Crippen LogP contribution in [0.4, 0.5) is 15.2 Å². The molecule has 5 nitrogen and oxygen atoms in total. The number of halogens is 1. The number of para-hydroxylation sites is 1. The fourth-order valence-corrected chi connectivity index (χ4v) is 3.62. The van der Waals surface area contributed by atoms with E-state index in [0.29, 0.717) is 31.8 Å². The maximum Gasteiger partial charge on any atom is 0.279 e. The minimum absolute atomic E-state index is 0.234. The molecule has 4 rings (SSSR count). The molecule has 0 fully saturated rings. The SMILES string of the molecule is Cc1cccc2c1=NC(=O)C=2c1sc(Nc2ccc(F)cc2)nc1O. The van der Waals surface area contributed by atoms with Crippen LogP contribution in [0.2, 0.25) is 0 Å². The highest BCUT2D eigenvalue weighted by Crippen LogP contribution is 2.35. The van der Waals surface area contributed by atoms with Crippen molar-refractivity contribution in [2.24, 2.45) is 4.99 Å². The van der Waals surface area contributed by atoms with Crippen molar-refractivity contribution in [3.8, 4) is 5.88 Å². The Morgan fingerprint density at radius 1 is 1.16 bits per heavy atom. The lowest BCUT2D eigenvalue weighted by atomic mass is 10.1. The van der Waals surface area contributed by atoms with Gasteiger partial charge in [-0.25, -0.2) is 9.38 Å². The molecule has 0 atom stereocenters. The predicted molar refractivity (Wildman–Crippen MR) is 92.9 cm³/mol. The summed E-state index contributed by atoms with van der Waals surface area (Å²) in [6.45, 7) is 1.88. The minimum atomic E-state index is -0.392. The van der Waals surface area contributed by atoms with Gasteiger partial charge in [0.25, 0.3) is 5.91 Å².